The molecule has 6 heteroatoms. The second-order valence-corrected chi connectivity index (χ2v) is 6.78. The molecule has 128 valence electrons. The van der Waals surface area contributed by atoms with Gasteiger partial charge in [-0.3, -0.25) is 0 Å². The molecule has 0 aliphatic carbocycles. The Kier molecular flexibility index (Phi) is 5.19. The van der Waals surface area contributed by atoms with Crippen molar-refractivity contribution in [3.63, 3.8) is 0 Å². The van der Waals surface area contributed by atoms with Crippen LogP contribution in [-0.2, 0) is 0 Å². The number of anilines is 5. The Morgan fingerprint density at radius 3 is 2.32 bits per heavy atom. The van der Waals surface area contributed by atoms with Crippen molar-refractivity contribution in [3.05, 3.63) is 64.8 Å². The minimum absolute atomic E-state index is 0.552. The van der Waals surface area contributed by atoms with Gasteiger partial charge >= 0.3 is 0 Å². The van der Waals surface area contributed by atoms with Crippen LogP contribution in [0, 0.1) is 6.92 Å². The van der Waals surface area contributed by atoms with E-state index in [1.54, 1.807) is 6.20 Å². The summed E-state index contributed by atoms with van der Waals surface area (Å²) >= 11 is 3.51. The second kappa shape index (κ2) is 7.53. The molecule has 0 aliphatic rings. The highest BCUT2D eigenvalue weighted by atomic mass is 79.9. The molecule has 25 heavy (non-hydrogen) atoms. The maximum absolute atomic E-state index is 4.52. The van der Waals surface area contributed by atoms with Crippen molar-refractivity contribution in [2.75, 3.05) is 29.6 Å². The molecule has 1 heterocycles. The lowest BCUT2D eigenvalue weighted by Gasteiger charge is -2.13. The average Bonchev–Trinajstić information content (AvgIpc) is 2.59. The second-order valence-electron chi connectivity index (χ2n) is 5.92. The van der Waals surface area contributed by atoms with Gasteiger partial charge in [-0.1, -0.05) is 15.9 Å². The van der Waals surface area contributed by atoms with Crippen molar-refractivity contribution in [3.8, 4) is 0 Å². The van der Waals surface area contributed by atoms with Gasteiger partial charge in [0.15, 0.2) is 0 Å². The predicted molar refractivity (Wildman–Crippen MR) is 108 cm³/mol. The highest BCUT2D eigenvalue weighted by Crippen LogP contribution is 2.23. The van der Waals surface area contributed by atoms with Gasteiger partial charge in [0, 0.05) is 41.8 Å². The summed E-state index contributed by atoms with van der Waals surface area (Å²) in [5.41, 5.74) is 4.24. The van der Waals surface area contributed by atoms with Crippen molar-refractivity contribution < 1.29 is 0 Å². The van der Waals surface area contributed by atoms with Crippen LogP contribution in [0.4, 0.5) is 28.8 Å². The lowest BCUT2D eigenvalue weighted by molar-refractivity contribution is 1.13. The molecule has 0 aliphatic heterocycles. The van der Waals surface area contributed by atoms with Crippen LogP contribution in [0.2, 0.25) is 0 Å². The fourth-order valence-corrected chi connectivity index (χ4v) is 2.58. The number of benzene rings is 2. The van der Waals surface area contributed by atoms with E-state index in [1.807, 2.05) is 44.4 Å². The van der Waals surface area contributed by atoms with E-state index in [-0.39, 0.29) is 0 Å². The summed E-state index contributed by atoms with van der Waals surface area (Å²) in [4.78, 5) is 10.9. The first-order valence-electron chi connectivity index (χ1n) is 7.92. The summed E-state index contributed by atoms with van der Waals surface area (Å²) in [6.07, 6.45) is 1.73. The first-order valence-corrected chi connectivity index (χ1v) is 8.71. The topological polar surface area (TPSA) is 53.1 Å². The molecule has 2 aromatic carbocycles. The zero-order chi connectivity index (χ0) is 17.8. The van der Waals surface area contributed by atoms with Gasteiger partial charge in [0.2, 0.25) is 5.95 Å². The number of halogens is 1. The minimum Gasteiger partial charge on any atom is -0.378 e. The molecule has 2 N–H and O–H groups in total. The van der Waals surface area contributed by atoms with E-state index in [0.29, 0.717) is 5.95 Å². The Balaban J connectivity index is 1.73. The number of nitrogens with zero attached hydrogens (tertiary/aromatic N) is 3. The Labute approximate surface area is 156 Å². The molecule has 3 aromatic rings. The highest BCUT2D eigenvalue weighted by molar-refractivity contribution is 9.10. The van der Waals surface area contributed by atoms with E-state index in [9.17, 15) is 0 Å². The number of nitrogens with one attached hydrogen (secondary N) is 2. The smallest absolute Gasteiger partial charge is 0.229 e. The fraction of sp³-hybridized carbons (Fsp3) is 0.158. The maximum Gasteiger partial charge on any atom is 0.229 e. The molecule has 5 nitrogen and oxygen atoms in total. The van der Waals surface area contributed by atoms with E-state index in [4.69, 9.17) is 0 Å². The molecule has 0 spiro atoms. The summed E-state index contributed by atoms with van der Waals surface area (Å²) in [6, 6.07) is 16.1. The summed E-state index contributed by atoms with van der Waals surface area (Å²) in [7, 11) is 4.04. The van der Waals surface area contributed by atoms with E-state index in [0.717, 1.165) is 27.4 Å². The van der Waals surface area contributed by atoms with Gasteiger partial charge in [0.05, 0.1) is 0 Å². The number of aryl methyl sites for hydroxylation is 1. The van der Waals surface area contributed by atoms with E-state index in [2.05, 4.69) is 66.6 Å². The first-order chi connectivity index (χ1) is 12.0. The zero-order valence-corrected chi connectivity index (χ0v) is 16.0. The van der Waals surface area contributed by atoms with Gasteiger partial charge in [-0.25, -0.2) is 4.98 Å². The molecule has 3 rings (SSSR count). The van der Waals surface area contributed by atoms with Gasteiger partial charge in [-0.05, 0) is 61.0 Å². The summed E-state index contributed by atoms with van der Waals surface area (Å²) in [5.74, 6) is 1.29. The Hall–Kier alpha value is -2.60. The van der Waals surface area contributed by atoms with E-state index in [1.165, 1.54) is 5.56 Å². The van der Waals surface area contributed by atoms with E-state index >= 15 is 0 Å². The van der Waals surface area contributed by atoms with Crippen LogP contribution < -0.4 is 15.5 Å². The molecule has 0 radical (unpaired) electrons. The first kappa shape index (κ1) is 17.2. The molecule has 1 aromatic heterocycles. The largest absolute Gasteiger partial charge is 0.378 e. The van der Waals surface area contributed by atoms with Crippen LogP contribution in [-0.4, -0.2) is 24.1 Å². The third kappa shape index (κ3) is 4.48. The van der Waals surface area contributed by atoms with Crippen LogP contribution in [0.1, 0.15) is 5.56 Å². The molecule has 0 fully saturated rings. The highest BCUT2D eigenvalue weighted by Gasteiger charge is 2.03. The molecule has 0 atom stereocenters. The van der Waals surface area contributed by atoms with Gasteiger partial charge in [0.25, 0.3) is 0 Å². The Morgan fingerprint density at radius 2 is 1.64 bits per heavy atom. The van der Waals surface area contributed by atoms with Crippen LogP contribution in [0.3, 0.4) is 0 Å². The standard InChI is InChI=1S/C19H20BrN5/c1-13-12-15(6-9-17(13)20)22-18-10-11-21-19(24-18)23-14-4-7-16(8-5-14)25(2)3/h4-12H,1-3H3,(H2,21,22,23,24). The molecule has 0 amide bonds. The van der Waals surface area contributed by atoms with Gasteiger partial charge in [-0.2, -0.15) is 4.98 Å². The number of rotatable bonds is 5. The molecule has 0 unspecified atom stereocenters. The fourth-order valence-electron chi connectivity index (χ4n) is 2.33. The third-order valence-corrected chi connectivity index (χ3v) is 4.62. The van der Waals surface area contributed by atoms with Crippen LogP contribution in [0.5, 0.6) is 0 Å². The number of hydrogen-bond acceptors (Lipinski definition) is 5. The van der Waals surface area contributed by atoms with Crippen LogP contribution in [0.25, 0.3) is 0 Å². The van der Waals surface area contributed by atoms with Crippen LogP contribution in [0.15, 0.2) is 59.2 Å². The normalized spacial score (nSPS) is 10.4. The Bertz CT molecular complexity index is 862. The molecule has 0 bridgehead atoms. The summed E-state index contributed by atoms with van der Waals surface area (Å²) in [5, 5.41) is 6.53. The average molecular weight is 398 g/mol. The summed E-state index contributed by atoms with van der Waals surface area (Å²) < 4.78 is 1.09. The lowest BCUT2D eigenvalue weighted by atomic mass is 10.2. The third-order valence-electron chi connectivity index (χ3n) is 3.73. The zero-order valence-electron chi connectivity index (χ0n) is 14.4. The monoisotopic (exact) mass is 397 g/mol. The van der Waals surface area contributed by atoms with E-state index < -0.39 is 0 Å². The molecule has 0 saturated carbocycles. The lowest BCUT2D eigenvalue weighted by Crippen LogP contribution is -2.08. The molecular weight excluding hydrogens is 378 g/mol. The van der Waals surface area contributed by atoms with Crippen molar-refractivity contribution in [2.45, 2.75) is 6.92 Å². The number of aromatic nitrogens is 2. The molecule has 0 saturated heterocycles. The minimum atomic E-state index is 0.552. The Morgan fingerprint density at radius 1 is 0.920 bits per heavy atom. The van der Waals surface area contributed by atoms with Gasteiger partial charge < -0.3 is 15.5 Å². The van der Waals surface area contributed by atoms with Gasteiger partial charge in [0.1, 0.15) is 5.82 Å². The van der Waals surface area contributed by atoms with Crippen LogP contribution >= 0.6 is 15.9 Å². The maximum atomic E-state index is 4.52. The molecular formula is C19H20BrN5. The van der Waals surface area contributed by atoms with Crippen molar-refractivity contribution >= 4 is 44.8 Å². The quantitative estimate of drug-likeness (QED) is 0.626. The summed E-state index contributed by atoms with van der Waals surface area (Å²) in [6.45, 7) is 2.06. The van der Waals surface area contributed by atoms with Crippen molar-refractivity contribution in [1.29, 1.82) is 0 Å². The SMILES string of the molecule is Cc1cc(Nc2ccnc(Nc3ccc(N(C)C)cc3)n2)ccc1Br. The predicted octanol–water partition coefficient (Wildman–Crippen LogP) is 5.10. The van der Waals surface area contributed by atoms with Crippen molar-refractivity contribution in [2.24, 2.45) is 0 Å². The van der Waals surface area contributed by atoms with Crippen molar-refractivity contribution in [1.82, 2.24) is 9.97 Å². The number of hydrogen-bond donors (Lipinski definition) is 2. The van der Waals surface area contributed by atoms with Gasteiger partial charge in [-0.15, -0.1) is 0 Å².